The summed E-state index contributed by atoms with van der Waals surface area (Å²) in [7, 11) is 0. The van der Waals surface area contributed by atoms with E-state index in [4.69, 9.17) is 33.3 Å². The van der Waals surface area contributed by atoms with Gasteiger partial charge in [0.25, 0.3) is 0 Å². The third kappa shape index (κ3) is 12.6. The van der Waals surface area contributed by atoms with Gasteiger partial charge in [-0.2, -0.15) is 5.06 Å². The molecule has 2 bridgehead atoms. The average Bonchev–Trinajstić information content (AvgIpc) is 3.84. The second-order valence-corrected chi connectivity index (χ2v) is 19.5. The van der Waals surface area contributed by atoms with E-state index in [0.717, 1.165) is 49.7 Å². The molecule has 2 amide bonds. The predicted octanol–water partition coefficient (Wildman–Crippen LogP) is 2.06. The van der Waals surface area contributed by atoms with Gasteiger partial charge in [0.2, 0.25) is 11.8 Å². The van der Waals surface area contributed by atoms with Crippen LogP contribution in [0.5, 0.6) is 0 Å². The molecule has 1 aromatic carbocycles. The van der Waals surface area contributed by atoms with E-state index in [0.29, 0.717) is 12.8 Å². The number of amides is 2. The molecule has 0 unspecified atom stereocenters. The fourth-order valence-corrected chi connectivity index (χ4v) is 9.86. The summed E-state index contributed by atoms with van der Waals surface area (Å²) in [5.41, 5.74) is -0.674. The Kier molecular flexibility index (Phi) is 18.4. The fraction of sp³-hybridized carbons (Fsp3) is 0.750. The molecule has 0 spiro atoms. The van der Waals surface area contributed by atoms with Crippen molar-refractivity contribution in [2.24, 2.45) is 5.41 Å². The van der Waals surface area contributed by atoms with Crippen LogP contribution in [0.4, 0.5) is 0 Å². The van der Waals surface area contributed by atoms with Crippen molar-refractivity contribution >= 4 is 29.8 Å². The highest BCUT2D eigenvalue weighted by Crippen LogP contribution is 2.58. The van der Waals surface area contributed by atoms with E-state index < -0.39 is 121 Å². The molecule has 0 radical (unpaired) electrons. The first kappa shape index (κ1) is 52.8. The lowest BCUT2D eigenvalue weighted by atomic mass is 9.62. The number of aliphatic hydroxyl groups excluding tert-OH is 5. The number of rotatable bonds is 24. The number of fused-ring (bicyclic) bond motifs is 4. The molecule has 12 atom stereocenters. The molecule has 19 heteroatoms. The van der Waals surface area contributed by atoms with Crippen LogP contribution in [0, 0.1) is 5.41 Å². The summed E-state index contributed by atoms with van der Waals surface area (Å²) in [6.45, 7) is 8.49. The number of unbranched alkanes of at least 4 members (excludes halogenated alkanes) is 4. The molecule has 67 heavy (non-hydrogen) atoms. The number of hydrogen-bond donors (Lipinski definition) is 7. The zero-order valence-electron chi connectivity index (χ0n) is 39.5. The lowest BCUT2D eigenvalue weighted by Gasteiger charge is -2.48. The summed E-state index contributed by atoms with van der Waals surface area (Å²) >= 11 is 0. The standard InChI is InChI=1S/C48H73N3O16/c1-6-8-10-20-47(21-11-9-7-2)65-39-32-25-48(45(60)49-22-19-34(54)50-31(27-52)17-18-35(55)64-46(3,4)5)41(43(59)62-32)51(67-42(48)40(39)66-47)26-30-15-12-14-29(24-30)16-13-23-61-44-38(58)37(57)36(56)33(28-53)63-44/h12-16,24,31-33,36-42,44,52-53,56-58H,6-11,17-23,25-28H2,1-5H3,(H,49,60)(H,50,54)/t31-,32+,33+,36-,37-,38+,39-,40-,41+,42+,44-,48+/m0/s1. The molecule has 1 saturated carbocycles. The molecular formula is C48H73N3O16. The molecule has 6 rings (SSSR count). The Balaban J connectivity index is 1.18. The minimum atomic E-state index is -1.56. The van der Waals surface area contributed by atoms with Crippen molar-refractivity contribution < 1.29 is 78.0 Å². The number of esters is 2. The third-order valence-corrected chi connectivity index (χ3v) is 13.1. The first-order valence-corrected chi connectivity index (χ1v) is 24.1. The van der Waals surface area contributed by atoms with Crippen LogP contribution in [-0.2, 0) is 59.0 Å². The minimum Gasteiger partial charge on any atom is -0.460 e. The fourth-order valence-electron chi connectivity index (χ4n) is 9.86. The molecule has 4 saturated heterocycles. The Labute approximate surface area is 392 Å². The summed E-state index contributed by atoms with van der Waals surface area (Å²) in [4.78, 5) is 61.3. The minimum absolute atomic E-state index is 0.00447. The van der Waals surface area contributed by atoms with Crippen molar-refractivity contribution in [3.63, 3.8) is 0 Å². The largest absolute Gasteiger partial charge is 0.460 e. The van der Waals surface area contributed by atoms with Gasteiger partial charge in [-0.05, 0) is 51.2 Å². The predicted molar refractivity (Wildman–Crippen MR) is 239 cm³/mol. The molecule has 1 aromatic rings. The Hall–Kier alpha value is -3.60. The van der Waals surface area contributed by atoms with E-state index in [-0.39, 0.29) is 45.4 Å². The highest BCUT2D eigenvalue weighted by Gasteiger charge is 2.76. The van der Waals surface area contributed by atoms with Crippen molar-refractivity contribution in [1.29, 1.82) is 0 Å². The Bertz CT molecular complexity index is 1850. The van der Waals surface area contributed by atoms with Crippen LogP contribution in [0.25, 0.3) is 6.08 Å². The number of nitrogens with zero attached hydrogens (tertiary/aromatic N) is 1. The Morgan fingerprint density at radius 3 is 2.36 bits per heavy atom. The quantitative estimate of drug-likeness (QED) is 0.0578. The van der Waals surface area contributed by atoms with E-state index in [1.807, 2.05) is 24.3 Å². The molecule has 376 valence electrons. The molecule has 0 aromatic heterocycles. The Morgan fingerprint density at radius 1 is 0.970 bits per heavy atom. The van der Waals surface area contributed by atoms with Crippen molar-refractivity contribution in [3.05, 3.63) is 41.5 Å². The average molecular weight is 948 g/mol. The first-order chi connectivity index (χ1) is 32.0. The second-order valence-electron chi connectivity index (χ2n) is 19.5. The van der Waals surface area contributed by atoms with Gasteiger partial charge in [0.1, 0.15) is 59.8 Å². The van der Waals surface area contributed by atoms with Crippen LogP contribution < -0.4 is 10.6 Å². The van der Waals surface area contributed by atoms with Gasteiger partial charge in [0.15, 0.2) is 18.1 Å². The van der Waals surface area contributed by atoms with Crippen LogP contribution >= 0.6 is 0 Å². The zero-order chi connectivity index (χ0) is 48.5. The summed E-state index contributed by atoms with van der Waals surface area (Å²) < 4.78 is 36.4. The zero-order valence-corrected chi connectivity index (χ0v) is 39.5. The first-order valence-electron chi connectivity index (χ1n) is 24.1. The van der Waals surface area contributed by atoms with E-state index in [1.165, 1.54) is 5.06 Å². The van der Waals surface area contributed by atoms with Crippen molar-refractivity contribution in [2.45, 2.75) is 197 Å². The third-order valence-electron chi connectivity index (χ3n) is 13.1. The number of hydrogen-bond acceptors (Lipinski definition) is 17. The molecule has 4 heterocycles. The van der Waals surface area contributed by atoms with E-state index in [1.54, 1.807) is 32.9 Å². The monoisotopic (exact) mass is 947 g/mol. The molecule has 1 aliphatic carbocycles. The van der Waals surface area contributed by atoms with Crippen LogP contribution in [0.15, 0.2) is 30.3 Å². The van der Waals surface area contributed by atoms with Gasteiger partial charge in [0.05, 0.1) is 32.4 Å². The molecular weight excluding hydrogens is 875 g/mol. The van der Waals surface area contributed by atoms with Crippen LogP contribution in [0.2, 0.25) is 0 Å². The summed E-state index contributed by atoms with van der Waals surface area (Å²) in [6, 6.07) is 5.51. The number of hydroxylamine groups is 2. The van der Waals surface area contributed by atoms with Gasteiger partial charge in [-0.15, -0.1) is 0 Å². The molecule has 5 aliphatic rings. The number of nitrogens with one attached hydrogen (secondary N) is 2. The van der Waals surface area contributed by atoms with Gasteiger partial charge < -0.3 is 64.6 Å². The highest BCUT2D eigenvalue weighted by atomic mass is 16.8. The van der Waals surface area contributed by atoms with Gasteiger partial charge in [-0.25, -0.2) is 0 Å². The maximum atomic E-state index is 14.8. The van der Waals surface area contributed by atoms with E-state index in [2.05, 4.69) is 24.5 Å². The van der Waals surface area contributed by atoms with E-state index >= 15 is 0 Å². The molecule has 4 aliphatic heterocycles. The summed E-state index contributed by atoms with van der Waals surface area (Å²) in [5.74, 6) is -2.98. The molecule has 7 N–H and O–H groups in total. The highest BCUT2D eigenvalue weighted by molar-refractivity contribution is 5.94. The summed E-state index contributed by atoms with van der Waals surface area (Å²) in [6.07, 6.45) is 0.324. The second kappa shape index (κ2) is 23.3. The van der Waals surface area contributed by atoms with Crippen molar-refractivity contribution in [2.75, 3.05) is 26.4 Å². The topological polar surface area (TPSA) is 261 Å². The number of ether oxygens (including phenoxy) is 6. The maximum Gasteiger partial charge on any atom is 0.327 e. The number of aliphatic hydroxyl groups is 5. The van der Waals surface area contributed by atoms with Gasteiger partial charge in [0, 0.05) is 38.6 Å². The van der Waals surface area contributed by atoms with Crippen LogP contribution in [0.3, 0.4) is 0 Å². The SMILES string of the molecule is CCCCCC1(CCCCC)O[C@@H]2[C@H](O1)[C@H]1ON(Cc3cccc(C=CCO[C@H]4O[C@H](CO)[C@H](O)[C@H](O)[C@H]4O)c3)[C@@H]3C(=O)O[C@@H]2C[C@]13C(=O)NCCC(=O)N[C@H](CO)CCC(=O)OC(C)(C)C. The number of benzene rings is 1. The smallest absolute Gasteiger partial charge is 0.327 e. The maximum absolute atomic E-state index is 14.8. The van der Waals surface area contributed by atoms with Gasteiger partial charge in [-0.1, -0.05) is 75.9 Å². The number of carbonyl (C=O) groups excluding carboxylic acids is 4. The lowest BCUT2D eigenvalue weighted by Crippen LogP contribution is -2.69. The number of carbonyl (C=O) groups is 4. The van der Waals surface area contributed by atoms with E-state index in [9.17, 15) is 44.7 Å². The Morgan fingerprint density at radius 2 is 1.69 bits per heavy atom. The van der Waals surface area contributed by atoms with Crippen molar-refractivity contribution in [3.8, 4) is 0 Å². The molecule has 5 fully saturated rings. The van der Waals surface area contributed by atoms with Gasteiger partial charge in [-0.3, -0.25) is 24.0 Å². The normalized spacial score (nSPS) is 31.6. The summed E-state index contributed by atoms with van der Waals surface area (Å²) in [5, 5.41) is 57.1. The lowest BCUT2D eigenvalue weighted by molar-refractivity contribution is -0.298. The van der Waals surface area contributed by atoms with Crippen LogP contribution in [0.1, 0.15) is 123 Å². The van der Waals surface area contributed by atoms with Crippen LogP contribution in [-0.4, -0.2) is 159 Å². The van der Waals surface area contributed by atoms with Gasteiger partial charge >= 0.3 is 11.9 Å². The molecule has 19 nitrogen and oxygen atoms in total. The van der Waals surface area contributed by atoms with Crippen molar-refractivity contribution in [1.82, 2.24) is 15.7 Å².